The highest BCUT2D eigenvalue weighted by Gasteiger charge is 2.18. The number of thiazole rings is 1. The SMILES string of the molecule is CCNC(=NCc1cccnc1OC1CCCC1)NCc1sc(C)nc1C.I. The molecule has 0 bridgehead atoms. The summed E-state index contributed by atoms with van der Waals surface area (Å²) in [6, 6.07) is 3.98. The first-order valence-corrected chi connectivity index (χ1v) is 10.5. The summed E-state index contributed by atoms with van der Waals surface area (Å²) in [5.41, 5.74) is 2.10. The number of hydrogen-bond donors (Lipinski definition) is 2. The van der Waals surface area contributed by atoms with Crippen molar-refractivity contribution < 1.29 is 4.74 Å². The van der Waals surface area contributed by atoms with Gasteiger partial charge in [-0.1, -0.05) is 6.07 Å². The van der Waals surface area contributed by atoms with E-state index in [0.29, 0.717) is 12.6 Å². The largest absolute Gasteiger partial charge is 0.474 e. The summed E-state index contributed by atoms with van der Waals surface area (Å²) in [5, 5.41) is 7.80. The Labute approximate surface area is 188 Å². The molecule has 2 aromatic rings. The third-order valence-corrected chi connectivity index (χ3v) is 5.67. The molecular weight excluding hydrogens is 485 g/mol. The van der Waals surface area contributed by atoms with Crippen molar-refractivity contribution in [3.05, 3.63) is 39.5 Å². The molecule has 0 radical (unpaired) electrons. The van der Waals surface area contributed by atoms with Gasteiger partial charge in [0.2, 0.25) is 5.88 Å². The third-order valence-electron chi connectivity index (χ3n) is 4.60. The molecule has 1 aliphatic carbocycles. The number of halogens is 1. The number of nitrogens with one attached hydrogen (secondary N) is 2. The van der Waals surface area contributed by atoms with Crippen LogP contribution < -0.4 is 15.4 Å². The number of aryl methyl sites for hydroxylation is 2. The molecule has 6 nitrogen and oxygen atoms in total. The predicted molar refractivity (Wildman–Crippen MR) is 126 cm³/mol. The topological polar surface area (TPSA) is 71.4 Å². The molecule has 0 unspecified atom stereocenters. The number of guanidine groups is 1. The Hall–Kier alpha value is -1.42. The minimum atomic E-state index is 0. The van der Waals surface area contributed by atoms with Gasteiger partial charge in [-0.3, -0.25) is 0 Å². The van der Waals surface area contributed by atoms with Crippen LogP contribution in [-0.4, -0.2) is 28.6 Å². The fourth-order valence-electron chi connectivity index (χ4n) is 3.22. The molecule has 0 saturated heterocycles. The highest BCUT2D eigenvalue weighted by atomic mass is 127. The zero-order chi connectivity index (χ0) is 19.1. The predicted octanol–water partition coefficient (Wildman–Crippen LogP) is 4.35. The Kier molecular flexibility index (Phi) is 9.43. The van der Waals surface area contributed by atoms with Crippen LogP contribution in [0.3, 0.4) is 0 Å². The van der Waals surface area contributed by atoms with Crippen LogP contribution in [0.1, 0.15) is 53.7 Å². The quantitative estimate of drug-likeness (QED) is 0.326. The zero-order valence-corrected chi connectivity index (χ0v) is 20.0. The molecule has 2 N–H and O–H groups in total. The van der Waals surface area contributed by atoms with Crippen LogP contribution in [0.5, 0.6) is 5.88 Å². The molecule has 2 aromatic heterocycles. The number of ether oxygens (including phenoxy) is 1. The van der Waals surface area contributed by atoms with Gasteiger partial charge in [-0.15, -0.1) is 35.3 Å². The molecule has 1 saturated carbocycles. The molecule has 8 heteroatoms. The molecule has 1 aliphatic rings. The van der Waals surface area contributed by atoms with Crippen LogP contribution in [-0.2, 0) is 13.1 Å². The zero-order valence-electron chi connectivity index (χ0n) is 16.8. The monoisotopic (exact) mass is 515 g/mol. The first-order valence-electron chi connectivity index (χ1n) is 9.71. The first-order chi connectivity index (χ1) is 13.2. The van der Waals surface area contributed by atoms with E-state index in [2.05, 4.69) is 27.5 Å². The van der Waals surface area contributed by atoms with Crippen molar-refractivity contribution in [2.45, 2.75) is 65.6 Å². The Morgan fingerprint density at radius 2 is 2.07 bits per heavy atom. The van der Waals surface area contributed by atoms with Gasteiger partial charge in [0.05, 0.1) is 23.8 Å². The van der Waals surface area contributed by atoms with Gasteiger partial charge in [-0.2, -0.15) is 0 Å². The molecule has 0 amide bonds. The molecule has 1 fully saturated rings. The van der Waals surface area contributed by atoms with E-state index in [1.807, 2.05) is 26.0 Å². The van der Waals surface area contributed by atoms with Crippen molar-refractivity contribution in [2.75, 3.05) is 6.54 Å². The minimum absolute atomic E-state index is 0. The van der Waals surface area contributed by atoms with Gasteiger partial charge in [-0.05, 0) is 52.5 Å². The molecule has 28 heavy (non-hydrogen) atoms. The number of aliphatic imine (C=N–C) groups is 1. The summed E-state index contributed by atoms with van der Waals surface area (Å²) in [6.07, 6.45) is 6.82. The summed E-state index contributed by atoms with van der Waals surface area (Å²) in [5.74, 6) is 1.51. The van der Waals surface area contributed by atoms with Crippen LogP contribution in [0.2, 0.25) is 0 Å². The van der Waals surface area contributed by atoms with E-state index >= 15 is 0 Å². The van der Waals surface area contributed by atoms with Crippen LogP contribution in [0.4, 0.5) is 0 Å². The summed E-state index contributed by atoms with van der Waals surface area (Å²) < 4.78 is 6.12. The Bertz CT molecular complexity index is 774. The van der Waals surface area contributed by atoms with Crippen LogP contribution in [0.15, 0.2) is 23.3 Å². The smallest absolute Gasteiger partial charge is 0.218 e. The van der Waals surface area contributed by atoms with E-state index in [1.54, 1.807) is 17.5 Å². The number of nitrogens with zero attached hydrogens (tertiary/aromatic N) is 3. The van der Waals surface area contributed by atoms with Gasteiger partial charge in [0.15, 0.2) is 5.96 Å². The van der Waals surface area contributed by atoms with E-state index < -0.39 is 0 Å². The normalized spacial score (nSPS) is 14.6. The van der Waals surface area contributed by atoms with Crippen LogP contribution >= 0.6 is 35.3 Å². The highest BCUT2D eigenvalue weighted by Crippen LogP contribution is 2.25. The van der Waals surface area contributed by atoms with E-state index in [-0.39, 0.29) is 24.0 Å². The Morgan fingerprint density at radius 3 is 2.75 bits per heavy atom. The fraction of sp³-hybridized carbons (Fsp3) is 0.550. The summed E-state index contributed by atoms with van der Waals surface area (Å²) in [4.78, 5) is 14.9. The van der Waals surface area contributed by atoms with Crippen molar-refractivity contribution in [1.82, 2.24) is 20.6 Å². The summed E-state index contributed by atoms with van der Waals surface area (Å²) in [6.45, 7) is 8.22. The van der Waals surface area contributed by atoms with Gasteiger partial charge in [0.1, 0.15) is 6.10 Å². The second kappa shape index (κ2) is 11.5. The Morgan fingerprint density at radius 1 is 1.29 bits per heavy atom. The lowest BCUT2D eigenvalue weighted by atomic mass is 10.2. The second-order valence-electron chi connectivity index (χ2n) is 6.78. The van der Waals surface area contributed by atoms with E-state index in [9.17, 15) is 0 Å². The lowest BCUT2D eigenvalue weighted by Gasteiger charge is -2.15. The van der Waals surface area contributed by atoms with Gasteiger partial charge in [0, 0.05) is 23.2 Å². The third kappa shape index (κ3) is 6.58. The number of hydrogen-bond acceptors (Lipinski definition) is 5. The first kappa shape index (κ1) is 22.9. The Balaban J connectivity index is 0.00000280. The van der Waals surface area contributed by atoms with Crippen LogP contribution in [0, 0.1) is 13.8 Å². The molecule has 2 heterocycles. The van der Waals surface area contributed by atoms with Crippen LogP contribution in [0.25, 0.3) is 0 Å². The molecule has 0 aromatic carbocycles. The maximum absolute atomic E-state index is 6.12. The van der Waals surface area contributed by atoms with Crippen molar-refractivity contribution in [1.29, 1.82) is 0 Å². The van der Waals surface area contributed by atoms with E-state index in [1.165, 1.54) is 17.7 Å². The van der Waals surface area contributed by atoms with Crippen molar-refractivity contribution >= 4 is 41.3 Å². The van der Waals surface area contributed by atoms with E-state index in [4.69, 9.17) is 9.73 Å². The van der Waals surface area contributed by atoms with Gasteiger partial charge >= 0.3 is 0 Å². The fourth-order valence-corrected chi connectivity index (χ4v) is 4.10. The number of pyridine rings is 1. The number of rotatable bonds is 7. The summed E-state index contributed by atoms with van der Waals surface area (Å²) in [7, 11) is 0. The highest BCUT2D eigenvalue weighted by molar-refractivity contribution is 14.0. The molecule has 0 aliphatic heterocycles. The standard InChI is InChI=1S/C20H29N5OS.HI/c1-4-21-20(24-13-18-14(2)25-15(3)27-18)23-12-16-8-7-11-22-19(16)26-17-9-5-6-10-17;/h7-8,11,17H,4-6,9-10,12-13H2,1-3H3,(H2,21,23,24);1H. The number of aromatic nitrogens is 2. The van der Waals surface area contributed by atoms with Crippen molar-refractivity contribution in [2.24, 2.45) is 4.99 Å². The minimum Gasteiger partial charge on any atom is -0.474 e. The maximum Gasteiger partial charge on any atom is 0.218 e. The van der Waals surface area contributed by atoms with Gasteiger partial charge in [0.25, 0.3) is 0 Å². The molecular formula is C20H30IN5OS. The lowest BCUT2D eigenvalue weighted by Crippen LogP contribution is -2.36. The summed E-state index contributed by atoms with van der Waals surface area (Å²) >= 11 is 1.72. The molecule has 3 rings (SSSR count). The molecule has 0 spiro atoms. The van der Waals surface area contributed by atoms with Gasteiger partial charge in [-0.25, -0.2) is 15.0 Å². The average molecular weight is 515 g/mol. The van der Waals surface area contributed by atoms with Crippen molar-refractivity contribution in [3.8, 4) is 5.88 Å². The average Bonchev–Trinajstić information content (AvgIpc) is 3.27. The maximum atomic E-state index is 6.12. The lowest BCUT2D eigenvalue weighted by molar-refractivity contribution is 0.199. The molecule has 154 valence electrons. The van der Waals surface area contributed by atoms with Gasteiger partial charge < -0.3 is 15.4 Å². The van der Waals surface area contributed by atoms with E-state index in [0.717, 1.165) is 54.0 Å². The second-order valence-corrected chi connectivity index (χ2v) is 8.07. The van der Waals surface area contributed by atoms with Crippen molar-refractivity contribution in [3.63, 3.8) is 0 Å². The molecule has 0 atom stereocenters.